The summed E-state index contributed by atoms with van der Waals surface area (Å²) in [6, 6.07) is 9.37. The van der Waals surface area contributed by atoms with Crippen LogP contribution in [0.4, 0.5) is 0 Å². The molecule has 1 saturated heterocycles. The van der Waals surface area contributed by atoms with Gasteiger partial charge in [0.15, 0.2) is 6.10 Å². The summed E-state index contributed by atoms with van der Waals surface area (Å²) in [6.45, 7) is 5.26. The van der Waals surface area contributed by atoms with Gasteiger partial charge in [0.25, 0.3) is 5.91 Å². The van der Waals surface area contributed by atoms with Crippen LogP contribution in [0.25, 0.3) is 0 Å². The van der Waals surface area contributed by atoms with Crippen LogP contribution in [0.3, 0.4) is 0 Å². The van der Waals surface area contributed by atoms with Crippen LogP contribution in [0.5, 0.6) is 5.75 Å². The van der Waals surface area contributed by atoms with Crippen molar-refractivity contribution < 1.29 is 14.6 Å². The summed E-state index contributed by atoms with van der Waals surface area (Å²) >= 11 is 0. The number of rotatable bonds is 7. The lowest BCUT2D eigenvalue weighted by Crippen LogP contribution is -2.39. The first-order valence-electron chi connectivity index (χ1n) is 8.05. The number of nitrogens with zero attached hydrogens (tertiary/aromatic N) is 1. The number of aliphatic hydroxyl groups is 1. The molecule has 0 aromatic heterocycles. The predicted octanol–water partition coefficient (Wildman–Crippen LogP) is 1.42. The van der Waals surface area contributed by atoms with Gasteiger partial charge in [0, 0.05) is 19.6 Å². The Morgan fingerprint density at radius 1 is 1.36 bits per heavy atom. The number of aliphatic hydroxyl groups excluding tert-OH is 1. The number of hydrogen-bond donors (Lipinski definition) is 2. The van der Waals surface area contributed by atoms with Gasteiger partial charge in [0.2, 0.25) is 0 Å². The Morgan fingerprint density at radius 3 is 2.73 bits per heavy atom. The summed E-state index contributed by atoms with van der Waals surface area (Å²) in [5.41, 5.74) is 0. The second-order valence-corrected chi connectivity index (χ2v) is 5.79. The summed E-state index contributed by atoms with van der Waals surface area (Å²) in [6.07, 6.45) is 2.00. The van der Waals surface area contributed by atoms with E-state index < -0.39 is 6.10 Å². The minimum atomic E-state index is -0.493. The Bertz CT molecular complexity index is 444. The van der Waals surface area contributed by atoms with Crippen molar-refractivity contribution in [3.63, 3.8) is 0 Å². The van der Waals surface area contributed by atoms with Gasteiger partial charge in [-0.2, -0.15) is 0 Å². The summed E-state index contributed by atoms with van der Waals surface area (Å²) in [7, 11) is 0. The average molecular weight is 306 g/mol. The molecular formula is C17H26N2O3. The van der Waals surface area contributed by atoms with E-state index in [9.17, 15) is 9.90 Å². The normalized spacial score (nSPS) is 17.9. The molecule has 1 aromatic carbocycles. The highest BCUT2D eigenvalue weighted by molar-refractivity contribution is 5.80. The topological polar surface area (TPSA) is 61.8 Å². The van der Waals surface area contributed by atoms with Crippen molar-refractivity contribution in [3.05, 3.63) is 30.3 Å². The molecule has 0 saturated carbocycles. The standard InChI is InChI=1S/C17H26N2O3/c1-14(22-16-6-3-2-4-7-16)17(21)18-10-5-11-19-12-8-15(20)9-13-19/h2-4,6-7,14-15,20H,5,8-13H2,1H3,(H,18,21). The van der Waals surface area contributed by atoms with Gasteiger partial charge in [-0.1, -0.05) is 18.2 Å². The molecule has 122 valence electrons. The number of para-hydroxylation sites is 1. The van der Waals surface area contributed by atoms with Crippen LogP contribution >= 0.6 is 0 Å². The third-order valence-corrected chi connectivity index (χ3v) is 3.93. The van der Waals surface area contributed by atoms with Gasteiger partial charge in [0.1, 0.15) is 5.75 Å². The zero-order valence-electron chi connectivity index (χ0n) is 13.2. The number of carbonyl (C=O) groups is 1. The quantitative estimate of drug-likeness (QED) is 0.748. The van der Waals surface area contributed by atoms with Gasteiger partial charge >= 0.3 is 0 Å². The van der Waals surface area contributed by atoms with Gasteiger partial charge in [-0.15, -0.1) is 0 Å². The van der Waals surface area contributed by atoms with Crippen LogP contribution in [0.15, 0.2) is 30.3 Å². The van der Waals surface area contributed by atoms with Crippen molar-refractivity contribution in [1.29, 1.82) is 0 Å². The molecule has 0 aliphatic carbocycles. The Labute approximate surface area is 132 Å². The van der Waals surface area contributed by atoms with E-state index in [1.165, 1.54) is 0 Å². The molecule has 2 rings (SSSR count). The van der Waals surface area contributed by atoms with Crippen LogP contribution in [0.2, 0.25) is 0 Å². The molecule has 1 aromatic rings. The smallest absolute Gasteiger partial charge is 0.260 e. The molecule has 0 bridgehead atoms. The number of amides is 1. The monoisotopic (exact) mass is 306 g/mol. The number of carbonyl (C=O) groups excluding carboxylic acids is 1. The lowest BCUT2D eigenvalue weighted by molar-refractivity contribution is -0.127. The predicted molar refractivity (Wildman–Crippen MR) is 85.8 cm³/mol. The lowest BCUT2D eigenvalue weighted by Gasteiger charge is -2.29. The Balaban J connectivity index is 1.59. The Morgan fingerprint density at radius 2 is 2.05 bits per heavy atom. The van der Waals surface area contributed by atoms with Gasteiger partial charge < -0.3 is 20.1 Å². The Hall–Kier alpha value is -1.59. The Kier molecular flexibility index (Phi) is 6.68. The summed E-state index contributed by atoms with van der Waals surface area (Å²) < 4.78 is 5.58. The molecule has 0 radical (unpaired) electrons. The van der Waals surface area contributed by atoms with Crippen molar-refractivity contribution in [2.45, 2.75) is 38.4 Å². The maximum absolute atomic E-state index is 12.0. The molecular weight excluding hydrogens is 280 g/mol. The maximum Gasteiger partial charge on any atom is 0.260 e. The molecule has 22 heavy (non-hydrogen) atoms. The van der Waals surface area contributed by atoms with Crippen molar-refractivity contribution in [1.82, 2.24) is 10.2 Å². The molecule has 1 fully saturated rings. The third kappa shape index (κ3) is 5.66. The highest BCUT2D eigenvalue weighted by Crippen LogP contribution is 2.11. The second kappa shape index (κ2) is 8.76. The molecule has 5 heteroatoms. The molecule has 2 N–H and O–H groups in total. The first kappa shape index (κ1) is 16.8. The van der Waals surface area contributed by atoms with E-state index in [2.05, 4.69) is 10.2 Å². The third-order valence-electron chi connectivity index (χ3n) is 3.93. The number of nitrogens with one attached hydrogen (secondary N) is 1. The van der Waals surface area contributed by atoms with E-state index in [0.29, 0.717) is 12.3 Å². The number of likely N-dealkylation sites (tertiary alicyclic amines) is 1. The van der Waals surface area contributed by atoms with E-state index in [-0.39, 0.29) is 12.0 Å². The zero-order chi connectivity index (χ0) is 15.8. The molecule has 1 heterocycles. The molecule has 1 atom stereocenters. The fraction of sp³-hybridized carbons (Fsp3) is 0.588. The highest BCUT2D eigenvalue weighted by Gasteiger charge is 2.17. The molecule has 5 nitrogen and oxygen atoms in total. The van der Waals surface area contributed by atoms with Gasteiger partial charge in [-0.05, 0) is 44.9 Å². The minimum absolute atomic E-state index is 0.0853. The van der Waals surface area contributed by atoms with Crippen molar-refractivity contribution in [3.8, 4) is 5.75 Å². The van der Waals surface area contributed by atoms with Gasteiger partial charge in [-0.25, -0.2) is 0 Å². The molecule has 1 aliphatic rings. The summed E-state index contributed by atoms with van der Waals surface area (Å²) in [5.74, 6) is 0.620. The van der Waals surface area contributed by atoms with Gasteiger partial charge in [0.05, 0.1) is 6.10 Å². The van der Waals surface area contributed by atoms with Crippen molar-refractivity contribution >= 4 is 5.91 Å². The summed E-state index contributed by atoms with van der Waals surface area (Å²) in [5, 5.41) is 12.4. The van der Waals surface area contributed by atoms with Crippen LogP contribution in [-0.2, 0) is 4.79 Å². The molecule has 1 amide bonds. The lowest BCUT2D eigenvalue weighted by atomic mass is 10.1. The van der Waals surface area contributed by atoms with Gasteiger partial charge in [-0.3, -0.25) is 4.79 Å². The zero-order valence-corrected chi connectivity index (χ0v) is 13.2. The van der Waals surface area contributed by atoms with Crippen LogP contribution in [-0.4, -0.2) is 54.3 Å². The van der Waals surface area contributed by atoms with Crippen molar-refractivity contribution in [2.75, 3.05) is 26.2 Å². The first-order chi connectivity index (χ1) is 10.6. The molecule has 1 aliphatic heterocycles. The van der Waals surface area contributed by atoms with E-state index in [1.54, 1.807) is 6.92 Å². The van der Waals surface area contributed by atoms with E-state index in [4.69, 9.17) is 4.74 Å². The number of hydrogen-bond acceptors (Lipinski definition) is 4. The largest absolute Gasteiger partial charge is 0.481 e. The molecule has 1 unspecified atom stereocenters. The fourth-order valence-corrected chi connectivity index (χ4v) is 2.56. The van der Waals surface area contributed by atoms with Crippen molar-refractivity contribution in [2.24, 2.45) is 0 Å². The number of benzene rings is 1. The first-order valence-corrected chi connectivity index (χ1v) is 8.05. The van der Waals surface area contributed by atoms with E-state index in [1.807, 2.05) is 30.3 Å². The van der Waals surface area contributed by atoms with Crippen LogP contribution in [0, 0.1) is 0 Å². The molecule has 0 spiro atoms. The average Bonchev–Trinajstić information content (AvgIpc) is 2.54. The number of piperidine rings is 1. The van der Waals surface area contributed by atoms with Crippen LogP contribution in [0.1, 0.15) is 26.2 Å². The fourth-order valence-electron chi connectivity index (χ4n) is 2.56. The number of ether oxygens (including phenoxy) is 1. The summed E-state index contributed by atoms with van der Waals surface area (Å²) in [4.78, 5) is 14.3. The van der Waals surface area contributed by atoms with E-state index in [0.717, 1.165) is 38.9 Å². The van der Waals surface area contributed by atoms with E-state index >= 15 is 0 Å². The van der Waals surface area contributed by atoms with Crippen LogP contribution < -0.4 is 10.1 Å². The second-order valence-electron chi connectivity index (χ2n) is 5.79. The SMILES string of the molecule is CC(Oc1ccccc1)C(=O)NCCCN1CCC(O)CC1. The minimum Gasteiger partial charge on any atom is -0.481 e. The highest BCUT2D eigenvalue weighted by atomic mass is 16.5. The maximum atomic E-state index is 12.0.